The highest BCUT2D eigenvalue weighted by atomic mass is 19.4. The van der Waals surface area contributed by atoms with Crippen LogP contribution in [0.1, 0.15) is 65.5 Å². The van der Waals surface area contributed by atoms with Gasteiger partial charge < -0.3 is 9.80 Å². The van der Waals surface area contributed by atoms with Gasteiger partial charge in [0.25, 0.3) is 0 Å². The van der Waals surface area contributed by atoms with Crippen LogP contribution < -0.4 is 0 Å². The first-order valence-electron chi connectivity index (χ1n) is 10.7. The molecule has 0 saturated carbocycles. The lowest BCUT2D eigenvalue weighted by Crippen LogP contribution is -2.30. The quantitative estimate of drug-likeness (QED) is 0.324. The maximum Gasteiger partial charge on any atom is 0.416 e. The standard InChI is InChI=1S/C26H37F3N2/c1-10-30(21(8)12-11-18(2)3)22(9)25(19(4)5)31(20(6)7)17-23-13-15-24(16-14-23)26(27,28)29/h13-16,18H,6,8-12,17H2,1-5,7H3. The van der Waals surface area contributed by atoms with Crippen molar-refractivity contribution in [3.8, 4) is 0 Å². The third kappa shape index (κ3) is 7.64. The first-order valence-corrected chi connectivity index (χ1v) is 10.7. The average Bonchev–Trinajstić information content (AvgIpc) is 2.65. The predicted molar refractivity (Wildman–Crippen MR) is 125 cm³/mol. The molecule has 0 atom stereocenters. The first-order chi connectivity index (χ1) is 14.3. The second-order valence-electron chi connectivity index (χ2n) is 8.55. The highest BCUT2D eigenvalue weighted by molar-refractivity contribution is 5.36. The lowest BCUT2D eigenvalue weighted by Gasteiger charge is -2.36. The van der Waals surface area contributed by atoms with E-state index in [9.17, 15) is 13.2 Å². The Morgan fingerprint density at radius 3 is 1.90 bits per heavy atom. The number of allylic oxidation sites excluding steroid dienone is 3. The van der Waals surface area contributed by atoms with E-state index in [-0.39, 0.29) is 0 Å². The summed E-state index contributed by atoms with van der Waals surface area (Å²) in [6.07, 6.45) is -2.42. The van der Waals surface area contributed by atoms with Crippen LogP contribution >= 0.6 is 0 Å². The molecule has 0 spiro atoms. The van der Waals surface area contributed by atoms with Crippen LogP contribution in [0.15, 0.2) is 72.4 Å². The lowest BCUT2D eigenvalue weighted by molar-refractivity contribution is -0.137. The van der Waals surface area contributed by atoms with Crippen molar-refractivity contribution in [2.45, 2.75) is 67.1 Å². The number of hydrogen-bond acceptors (Lipinski definition) is 2. The summed E-state index contributed by atoms with van der Waals surface area (Å²) in [4.78, 5) is 4.13. The largest absolute Gasteiger partial charge is 0.416 e. The fourth-order valence-corrected chi connectivity index (χ4v) is 3.42. The van der Waals surface area contributed by atoms with E-state index >= 15 is 0 Å². The Morgan fingerprint density at radius 1 is 0.968 bits per heavy atom. The molecule has 5 heteroatoms. The Morgan fingerprint density at radius 2 is 1.52 bits per heavy atom. The van der Waals surface area contributed by atoms with E-state index in [2.05, 4.69) is 45.4 Å². The second-order valence-corrected chi connectivity index (χ2v) is 8.55. The highest BCUT2D eigenvalue weighted by Crippen LogP contribution is 2.32. The van der Waals surface area contributed by atoms with Gasteiger partial charge in [0, 0.05) is 24.5 Å². The van der Waals surface area contributed by atoms with Crippen molar-refractivity contribution in [2.75, 3.05) is 6.54 Å². The fraction of sp³-hybridized carbons (Fsp3) is 0.462. The maximum atomic E-state index is 12.9. The average molecular weight is 435 g/mol. The molecule has 1 aromatic rings. The summed E-state index contributed by atoms with van der Waals surface area (Å²) >= 11 is 0. The zero-order chi connectivity index (χ0) is 23.9. The van der Waals surface area contributed by atoms with Crippen LogP contribution in [0.25, 0.3) is 0 Å². The molecule has 0 amide bonds. The van der Waals surface area contributed by atoms with Crippen LogP contribution in [0.5, 0.6) is 0 Å². The molecule has 0 aromatic heterocycles. The Bertz CT molecular complexity index is 810. The molecule has 0 aliphatic carbocycles. The molecule has 1 aromatic carbocycles. The van der Waals surface area contributed by atoms with Crippen molar-refractivity contribution in [1.29, 1.82) is 0 Å². The van der Waals surface area contributed by atoms with Gasteiger partial charge >= 0.3 is 6.18 Å². The zero-order valence-electron chi connectivity index (χ0n) is 19.9. The van der Waals surface area contributed by atoms with E-state index in [0.29, 0.717) is 12.5 Å². The Hall–Kier alpha value is -2.43. The minimum Gasteiger partial charge on any atom is -0.345 e. The van der Waals surface area contributed by atoms with E-state index < -0.39 is 11.7 Å². The maximum absolute atomic E-state index is 12.9. The van der Waals surface area contributed by atoms with Gasteiger partial charge in [-0.2, -0.15) is 13.2 Å². The van der Waals surface area contributed by atoms with E-state index in [4.69, 9.17) is 0 Å². The number of nitrogens with zero attached hydrogens (tertiary/aromatic N) is 2. The SMILES string of the molecule is C=C(C)N(Cc1ccc(C(F)(F)F)cc1)C(C(=C)N(CC)C(=C)CCC(C)C)=C(C)C. The van der Waals surface area contributed by atoms with Crippen LogP contribution in [0.4, 0.5) is 13.2 Å². The Balaban J connectivity index is 3.21. The molecule has 2 nitrogen and oxygen atoms in total. The van der Waals surface area contributed by atoms with E-state index in [0.717, 1.165) is 65.4 Å². The molecule has 172 valence electrons. The van der Waals surface area contributed by atoms with Gasteiger partial charge in [-0.05, 0) is 64.2 Å². The van der Waals surface area contributed by atoms with Crippen molar-refractivity contribution in [1.82, 2.24) is 9.80 Å². The van der Waals surface area contributed by atoms with Gasteiger partial charge in [-0.15, -0.1) is 0 Å². The van der Waals surface area contributed by atoms with Gasteiger partial charge in [-0.25, -0.2) is 0 Å². The summed E-state index contributed by atoms with van der Waals surface area (Å²) in [7, 11) is 0. The van der Waals surface area contributed by atoms with Crippen LogP contribution in [0.3, 0.4) is 0 Å². The molecule has 0 aliphatic heterocycles. The van der Waals surface area contributed by atoms with Crippen molar-refractivity contribution in [3.05, 3.63) is 83.5 Å². The van der Waals surface area contributed by atoms with Gasteiger partial charge in [0.2, 0.25) is 0 Å². The number of likely N-dealkylation sites (N-methyl/N-ethyl adjacent to an activating group) is 1. The molecule has 0 fully saturated rings. The van der Waals surface area contributed by atoms with Crippen LogP contribution in [0.2, 0.25) is 0 Å². The number of alkyl halides is 3. The number of hydrogen-bond donors (Lipinski definition) is 0. The number of halogens is 3. The molecule has 31 heavy (non-hydrogen) atoms. The fourth-order valence-electron chi connectivity index (χ4n) is 3.42. The zero-order valence-corrected chi connectivity index (χ0v) is 19.9. The summed E-state index contributed by atoms with van der Waals surface area (Å²) in [6.45, 7) is 26.2. The normalized spacial score (nSPS) is 11.3. The lowest BCUT2D eigenvalue weighted by atomic mass is 10.0. The molecule has 0 aliphatic rings. The van der Waals surface area contributed by atoms with Gasteiger partial charge in [0.15, 0.2) is 0 Å². The van der Waals surface area contributed by atoms with Crippen LogP contribution in [-0.2, 0) is 12.7 Å². The molecule has 0 N–H and O–H groups in total. The molecule has 0 radical (unpaired) electrons. The summed E-state index contributed by atoms with van der Waals surface area (Å²) in [5.74, 6) is 0.582. The first kappa shape index (κ1) is 26.6. The van der Waals surface area contributed by atoms with Gasteiger partial charge in [0.1, 0.15) is 0 Å². The molecular weight excluding hydrogens is 397 g/mol. The third-order valence-electron chi connectivity index (χ3n) is 5.13. The van der Waals surface area contributed by atoms with E-state index in [1.54, 1.807) is 0 Å². The number of rotatable bonds is 11. The van der Waals surface area contributed by atoms with Gasteiger partial charge in [-0.1, -0.05) is 51.3 Å². The van der Waals surface area contributed by atoms with E-state index in [1.807, 2.05) is 25.7 Å². The highest BCUT2D eigenvalue weighted by Gasteiger charge is 2.30. The van der Waals surface area contributed by atoms with E-state index in [1.165, 1.54) is 12.1 Å². The molecular formula is C26H37F3N2. The van der Waals surface area contributed by atoms with Crippen LogP contribution in [-0.4, -0.2) is 16.3 Å². The van der Waals surface area contributed by atoms with Crippen molar-refractivity contribution in [2.24, 2.45) is 5.92 Å². The number of benzene rings is 1. The predicted octanol–water partition coefficient (Wildman–Crippen LogP) is 8.12. The van der Waals surface area contributed by atoms with Crippen molar-refractivity contribution in [3.63, 3.8) is 0 Å². The summed E-state index contributed by atoms with van der Waals surface area (Å²) in [6, 6.07) is 5.27. The van der Waals surface area contributed by atoms with Crippen molar-refractivity contribution >= 4 is 0 Å². The minimum absolute atomic E-state index is 0.406. The molecule has 0 saturated heterocycles. The topological polar surface area (TPSA) is 6.48 Å². The Labute approximate surface area is 186 Å². The second kappa shape index (κ2) is 11.3. The Kier molecular flexibility index (Phi) is 9.67. The summed E-state index contributed by atoms with van der Waals surface area (Å²) in [5, 5.41) is 0. The monoisotopic (exact) mass is 434 g/mol. The van der Waals surface area contributed by atoms with Crippen molar-refractivity contribution < 1.29 is 13.2 Å². The smallest absolute Gasteiger partial charge is 0.345 e. The van der Waals surface area contributed by atoms with Gasteiger partial charge in [0.05, 0.1) is 17.0 Å². The molecule has 0 heterocycles. The third-order valence-corrected chi connectivity index (χ3v) is 5.13. The summed E-state index contributed by atoms with van der Waals surface area (Å²) < 4.78 is 38.7. The van der Waals surface area contributed by atoms with Gasteiger partial charge in [-0.3, -0.25) is 0 Å². The summed E-state index contributed by atoms with van der Waals surface area (Å²) in [5.41, 5.74) is 4.71. The molecule has 0 unspecified atom stereocenters. The van der Waals surface area contributed by atoms with Crippen LogP contribution in [0, 0.1) is 5.92 Å². The molecule has 1 rings (SSSR count). The minimum atomic E-state index is -4.34. The molecule has 0 bridgehead atoms.